The van der Waals surface area contributed by atoms with Crippen LogP contribution in [-0.2, 0) is 0 Å². The molecule has 0 saturated carbocycles. The summed E-state index contributed by atoms with van der Waals surface area (Å²) >= 11 is 13.7. The molecule has 1 aromatic carbocycles. The molecule has 0 unspecified atom stereocenters. The Labute approximate surface area is 114 Å². The standard InChI is InChI=1S/C11H13Cl2N3S/c1-16(2)3-4-17-11-14-9-6-7(12)5-8(13)10(9)15-11/h5-6H,3-4H2,1-2H3,(H,14,15). The topological polar surface area (TPSA) is 31.9 Å². The Morgan fingerprint density at radius 3 is 2.82 bits per heavy atom. The van der Waals surface area contributed by atoms with Crippen LogP contribution < -0.4 is 0 Å². The van der Waals surface area contributed by atoms with Crippen LogP contribution in [0.3, 0.4) is 0 Å². The average molecular weight is 290 g/mol. The van der Waals surface area contributed by atoms with Gasteiger partial charge in [0.15, 0.2) is 5.16 Å². The zero-order chi connectivity index (χ0) is 12.4. The van der Waals surface area contributed by atoms with E-state index in [0.717, 1.165) is 28.5 Å². The van der Waals surface area contributed by atoms with Crippen molar-refractivity contribution in [2.75, 3.05) is 26.4 Å². The summed E-state index contributed by atoms with van der Waals surface area (Å²) in [6.45, 7) is 1.01. The van der Waals surface area contributed by atoms with Gasteiger partial charge in [-0.3, -0.25) is 0 Å². The number of nitrogens with zero attached hydrogens (tertiary/aromatic N) is 2. The van der Waals surface area contributed by atoms with Crippen molar-refractivity contribution >= 4 is 46.0 Å². The highest BCUT2D eigenvalue weighted by atomic mass is 35.5. The number of rotatable bonds is 4. The Morgan fingerprint density at radius 1 is 1.35 bits per heavy atom. The van der Waals surface area contributed by atoms with Crippen LogP contribution >= 0.6 is 35.0 Å². The maximum atomic E-state index is 6.08. The Hall–Kier alpha value is -0.420. The summed E-state index contributed by atoms with van der Waals surface area (Å²) in [5.74, 6) is 0.984. The van der Waals surface area contributed by atoms with E-state index in [0.29, 0.717) is 10.0 Å². The Balaban J connectivity index is 2.17. The average Bonchev–Trinajstić information content (AvgIpc) is 2.60. The quantitative estimate of drug-likeness (QED) is 0.874. The van der Waals surface area contributed by atoms with Gasteiger partial charge in [-0.25, -0.2) is 4.98 Å². The Morgan fingerprint density at radius 2 is 2.12 bits per heavy atom. The molecular formula is C11H13Cl2N3S. The minimum absolute atomic E-state index is 0.586. The number of aromatic nitrogens is 2. The van der Waals surface area contributed by atoms with Gasteiger partial charge in [-0.2, -0.15) is 0 Å². The summed E-state index contributed by atoms with van der Waals surface area (Å²) in [6.07, 6.45) is 0. The first-order valence-electron chi connectivity index (χ1n) is 5.18. The fraction of sp³-hybridized carbons (Fsp3) is 0.364. The van der Waals surface area contributed by atoms with E-state index < -0.39 is 0 Å². The van der Waals surface area contributed by atoms with Crippen molar-refractivity contribution in [1.29, 1.82) is 0 Å². The number of hydrogen-bond acceptors (Lipinski definition) is 3. The Bertz CT molecular complexity index is 525. The van der Waals surface area contributed by atoms with Crippen LogP contribution in [0.15, 0.2) is 17.3 Å². The van der Waals surface area contributed by atoms with Gasteiger partial charge in [0.1, 0.15) is 5.52 Å². The molecule has 0 atom stereocenters. The van der Waals surface area contributed by atoms with Gasteiger partial charge in [-0.15, -0.1) is 0 Å². The molecule has 0 aliphatic heterocycles. The molecule has 0 saturated heterocycles. The molecule has 6 heteroatoms. The number of halogens is 2. The highest BCUT2D eigenvalue weighted by molar-refractivity contribution is 7.99. The number of nitrogens with one attached hydrogen (secondary N) is 1. The minimum atomic E-state index is 0.586. The van der Waals surface area contributed by atoms with Crippen molar-refractivity contribution in [2.45, 2.75) is 5.16 Å². The third-order valence-electron chi connectivity index (χ3n) is 2.26. The molecule has 1 N–H and O–H groups in total. The smallest absolute Gasteiger partial charge is 0.166 e. The van der Waals surface area contributed by atoms with Gasteiger partial charge in [0.25, 0.3) is 0 Å². The molecule has 92 valence electrons. The van der Waals surface area contributed by atoms with Crippen molar-refractivity contribution in [1.82, 2.24) is 14.9 Å². The van der Waals surface area contributed by atoms with Crippen molar-refractivity contribution in [3.8, 4) is 0 Å². The maximum absolute atomic E-state index is 6.08. The number of fused-ring (bicyclic) bond motifs is 1. The van der Waals surface area contributed by atoms with E-state index in [9.17, 15) is 0 Å². The van der Waals surface area contributed by atoms with Gasteiger partial charge < -0.3 is 9.88 Å². The van der Waals surface area contributed by atoms with Gasteiger partial charge in [0, 0.05) is 17.3 Å². The maximum Gasteiger partial charge on any atom is 0.166 e. The second kappa shape index (κ2) is 5.48. The van der Waals surface area contributed by atoms with Gasteiger partial charge in [-0.05, 0) is 26.2 Å². The second-order valence-electron chi connectivity index (χ2n) is 3.98. The van der Waals surface area contributed by atoms with Gasteiger partial charge in [0.2, 0.25) is 0 Å². The second-order valence-corrected chi connectivity index (χ2v) is 5.90. The van der Waals surface area contributed by atoms with Gasteiger partial charge in [0.05, 0.1) is 10.5 Å². The fourth-order valence-electron chi connectivity index (χ4n) is 1.41. The molecule has 2 rings (SSSR count). The first-order chi connectivity index (χ1) is 8.06. The normalized spacial score (nSPS) is 11.6. The molecule has 0 bridgehead atoms. The summed E-state index contributed by atoms with van der Waals surface area (Å²) in [5, 5.41) is 2.09. The molecule has 1 aromatic heterocycles. The molecular weight excluding hydrogens is 277 g/mol. The number of hydrogen-bond donors (Lipinski definition) is 1. The molecule has 0 fully saturated rings. The van der Waals surface area contributed by atoms with Crippen LogP contribution in [0, 0.1) is 0 Å². The predicted molar refractivity (Wildman–Crippen MR) is 75.4 cm³/mol. The van der Waals surface area contributed by atoms with Crippen molar-refractivity contribution in [3.05, 3.63) is 22.2 Å². The summed E-state index contributed by atoms with van der Waals surface area (Å²) in [6, 6.07) is 3.55. The van der Waals surface area contributed by atoms with Crippen molar-refractivity contribution in [2.24, 2.45) is 0 Å². The van der Waals surface area contributed by atoms with E-state index in [1.807, 2.05) is 6.07 Å². The molecule has 2 aromatic rings. The van der Waals surface area contributed by atoms with Gasteiger partial charge >= 0.3 is 0 Å². The summed E-state index contributed by atoms with van der Waals surface area (Å²) in [7, 11) is 4.10. The zero-order valence-electron chi connectivity index (χ0n) is 9.63. The van der Waals surface area contributed by atoms with Gasteiger partial charge in [-0.1, -0.05) is 35.0 Å². The predicted octanol–water partition coefficient (Wildman–Crippen LogP) is 3.52. The van der Waals surface area contributed by atoms with Crippen LogP contribution in [0.25, 0.3) is 11.0 Å². The Kier molecular flexibility index (Phi) is 4.20. The highest BCUT2D eigenvalue weighted by Gasteiger charge is 2.08. The molecule has 1 heterocycles. The van der Waals surface area contributed by atoms with Crippen LogP contribution in [0.4, 0.5) is 0 Å². The van der Waals surface area contributed by atoms with Crippen LogP contribution in [0.5, 0.6) is 0 Å². The van der Waals surface area contributed by atoms with E-state index in [1.54, 1.807) is 17.8 Å². The largest absolute Gasteiger partial charge is 0.333 e. The summed E-state index contributed by atoms with van der Waals surface area (Å²) in [5.41, 5.74) is 1.67. The van der Waals surface area contributed by atoms with E-state index in [2.05, 4.69) is 29.0 Å². The number of benzene rings is 1. The van der Waals surface area contributed by atoms with Crippen LogP contribution in [0.1, 0.15) is 0 Å². The van der Waals surface area contributed by atoms with Crippen molar-refractivity contribution < 1.29 is 0 Å². The monoisotopic (exact) mass is 289 g/mol. The third-order valence-corrected chi connectivity index (χ3v) is 3.62. The first-order valence-corrected chi connectivity index (χ1v) is 6.92. The summed E-state index contributed by atoms with van der Waals surface area (Å²) < 4.78 is 0. The molecule has 17 heavy (non-hydrogen) atoms. The lowest BCUT2D eigenvalue weighted by molar-refractivity contribution is 0.437. The molecule has 0 amide bonds. The zero-order valence-corrected chi connectivity index (χ0v) is 12.0. The minimum Gasteiger partial charge on any atom is -0.333 e. The van der Waals surface area contributed by atoms with E-state index in [4.69, 9.17) is 23.2 Å². The fourth-order valence-corrected chi connectivity index (χ4v) is 2.94. The number of imidazole rings is 1. The molecule has 0 aliphatic carbocycles. The van der Waals surface area contributed by atoms with Crippen LogP contribution in [-0.4, -0.2) is 41.3 Å². The molecule has 3 nitrogen and oxygen atoms in total. The molecule has 0 spiro atoms. The lowest BCUT2D eigenvalue weighted by Crippen LogP contribution is -2.14. The SMILES string of the molecule is CN(C)CCSc1nc2c(Cl)cc(Cl)cc2[nH]1. The lowest BCUT2D eigenvalue weighted by atomic mass is 10.3. The number of thioether (sulfide) groups is 1. The van der Waals surface area contributed by atoms with E-state index in [-0.39, 0.29) is 0 Å². The lowest BCUT2D eigenvalue weighted by Gasteiger charge is -2.06. The van der Waals surface area contributed by atoms with E-state index >= 15 is 0 Å². The molecule has 0 aliphatic rings. The number of H-pyrrole nitrogens is 1. The van der Waals surface area contributed by atoms with Crippen molar-refractivity contribution in [3.63, 3.8) is 0 Å². The third kappa shape index (κ3) is 3.28. The molecule has 0 radical (unpaired) electrons. The first kappa shape index (κ1) is 13.0. The highest BCUT2D eigenvalue weighted by Crippen LogP contribution is 2.28. The van der Waals surface area contributed by atoms with E-state index in [1.165, 1.54) is 0 Å². The summed E-state index contributed by atoms with van der Waals surface area (Å²) in [4.78, 5) is 9.80. The van der Waals surface area contributed by atoms with Crippen LogP contribution in [0.2, 0.25) is 10.0 Å². The number of aromatic amines is 1.